The number of benzene rings is 2. The lowest BCUT2D eigenvalue weighted by Crippen LogP contribution is -2.37. The number of likely N-dealkylation sites (tertiary alicyclic amines) is 1. The van der Waals surface area contributed by atoms with Crippen molar-refractivity contribution in [3.8, 4) is 5.75 Å². The minimum atomic E-state index is -0.754. The summed E-state index contributed by atoms with van der Waals surface area (Å²) in [7, 11) is 0. The minimum Gasteiger partial charge on any atom is -0.494 e. The Labute approximate surface area is 148 Å². The maximum absolute atomic E-state index is 12.8. The summed E-state index contributed by atoms with van der Waals surface area (Å²) in [6.07, 6.45) is 0.852. The largest absolute Gasteiger partial charge is 0.494 e. The van der Waals surface area contributed by atoms with Crippen molar-refractivity contribution in [2.45, 2.75) is 32.1 Å². The Morgan fingerprint density at radius 2 is 1.84 bits per heavy atom. The number of imide groups is 1. The van der Waals surface area contributed by atoms with Crippen molar-refractivity contribution in [3.05, 3.63) is 65.7 Å². The number of amides is 2. The normalized spacial score (nSPS) is 20.2. The molecule has 1 aliphatic rings. The minimum absolute atomic E-state index is 0.105. The molecule has 2 aromatic carbocycles. The van der Waals surface area contributed by atoms with Crippen LogP contribution in [-0.2, 0) is 15.0 Å². The van der Waals surface area contributed by atoms with Gasteiger partial charge in [-0.2, -0.15) is 0 Å². The average molecular weight is 337 g/mol. The van der Waals surface area contributed by atoms with E-state index in [9.17, 15) is 9.59 Å². The lowest BCUT2D eigenvalue weighted by molar-refractivity contribution is -0.139. The summed E-state index contributed by atoms with van der Waals surface area (Å²) in [4.78, 5) is 26.5. The maximum Gasteiger partial charge on any atom is 0.240 e. The van der Waals surface area contributed by atoms with Gasteiger partial charge in [-0.1, -0.05) is 42.5 Å². The first kappa shape index (κ1) is 17.2. The smallest absolute Gasteiger partial charge is 0.240 e. The van der Waals surface area contributed by atoms with Crippen LogP contribution in [0.4, 0.5) is 0 Å². The third-order valence-electron chi connectivity index (χ3n) is 4.72. The molecule has 0 aromatic heterocycles. The Morgan fingerprint density at radius 1 is 1.08 bits per heavy atom. The fourth-order valence-electron chi connectivity index (χ4n) is 3.26. The number of ether oxygens (including phenoxy) is 1. The van der Waals surface area contributed by atoms with E-state index in [0.717, 1.165) is 16.9 Å². The molecule has 3 rings (SSSR count). The molecule has 2 amide bonds. The molecule has 0 aliphatic carbocycles. The van der Waals surface area contributed by atoms with E-state index in [4.69, 9.17) is 4.74 Å². The van der Waals surface area contributed by atoms with E-state index in [1.807, 2.05) is 68.4 Å². The van der Waals surface area contributed by atoms with Gasteiger partial charge in [0.2, 0.25) is 11.8 Å². The van der Waals surface area contributed by atoms with Crippen LogP contribution in [0.15, 0.2) is 54.6 Å². The van der Waals surface area contributed by atoms with Gasteiger partial charge in [-0.05, 0) is 43.5 Å². The zero-order valence-corrected chi connectivity index (χ0v) is 14.7. The highest BCUT2D eigenvalue weighted by Crippen LogP contribution is 2.36. The van der Waals surface area contributed by atoms with Crippen LogP contribution in [0.25, 0.3) is 0 Å². The van der Waals surface area contributed by atoms with E-state index < -0.39 is 5.41 Å². The molecular formula is C21H23NO3. The molecule has 0 saturated carbocycles. The number of aryl methyl sites for hydroxylation is 1. The third-order valence-corrected chi connectivity index (χ3v) is 4.72. The molecule has 0 N–H and O–H groups in total. The Balaban J connectivity index is 1.58. The van der Waals surface area contributed by atoms with Crippen LogP contribution in [0, 0.1) is 6.92 Å². The van der Waals surface area contributed by atoms with Crippen molar-refractivity contribution in [2.75, 3.05) is 13.2 Å². The van der Waals surface area contributed by atoms with Crippen molar-refractivity contribution >= 4 is 11.8 Å². The molecule has 0 bridgehead atoms. The lowest BCUT2D eigenvalue weighted by atomic mass is 9.81. The molecule has 2 aromatic rings. The number of rotatable bonds is 6. The summed E-state index contributed by atoms with van der Waals surface area (Å²) in [6, 6.07) is 17.4. The van der Waals surface area contributed by atoms with Gasteiger partial charge in [0.1, 0.15) is 5.75 Å². The van der Waals surface area contributed by atoms with Gasteiger partial charge in [-0.15, -0.1) is 0 Å². The first-order valence-electron chi connectivity index (χ1n) is 8.60. The molecule has 25 heavy (non-hydrogen) atoms. The molecule has 1 saturated heterocycles. The summed E-state index contributed by atoms with van der Waals surface area (Å²) in [5.41, 5.74) is 1.28. The van der Waals surface area contributed by atoms with Crippen LogP contribution in [0.1, 0.15) is 30.9 Å². The molecule has 1 heterocycles. The van der Waals surface area contributed by atoms with E-state index in [-0.39, 0.29) is 18.2 Å². The molecule has 130 valence electrons. The molecule has 4 heteroatoms. The van der Waals surface area contributed by atoms with Crippen molar-refractivity contribution in [1.29, 1.82) is 0 Å². The number of carbonyl (C=O) groups excluding carboxylic acids is 2. The predicted octanol–water partition coefficient (Wildman–Crippen LogP) is 3.48. The van der Waals surface area contributed by atoms with Crippen LogP contribution >= 0.6 is 0 Å². The Morgan fingerprint density at radius 3 is 2.56 bits per heavy atom. The molecule has 4 nitrogen and oxygen atoms in total. The van der Waals surface area contributed by atoms with Gasteiger partial charge in [0.25, 0.3) is 0 Å². The van der Waals surface area contributed by atoms with E-state index in [1.54, 1.807) is 0 Å². The van der Waals surface area contributed by atoms with Crippen LogP contribution in [0.2, 0.25) is 0 Å². The molecule has 1 aliphatic heterocycles. The van der Waals surface area contributed by atoms with Crippen LogP contribution in [0.5, 0.6) is 5.75 Å². The molecular weight excluding hydrogens is 314 g/mol. The molecule has 0 spiro atoms. The quantitative estimate of drug-likeness (QED) is 0.599. The van der Waals surface area contributed by atoms with Crippen molar-refractivity contribution in [3.63, 3.8) is 0 Å². The highest BCUT2D eigenvalue weighted by Gasteiger charge is 2.48. The number of nitrogens with zero attached hydrogens (tertiary/aromatic N) is 1. The third kappa shape index (κ3) is 3.58. The molecule has 1 atom stereocenters. The molecule has 1 fully saturated rings. The first-order chi connectivity index (χ1) is 12.0. The number of carbonyl (C=O) groups is 2. The van der Waals surface area contributed by atoms with E-state index >= 15 is 0 Å². The Bertz CT molecular complexity index is 772. The summed E-state index contributed by atoms with van der Waals surface area (Å²) in [5, 5.41) is 0. The highest BCUT2D eigenvalue weighted by atomic mass is 16.5. The SMILES string of the molecule is Cc1cccc(OCCCN2C(=O)C[C@](C)(c3ccccc3)C2=O)c1. The van der Waals surface area contributed by atoms with Crippen molar-refractivity contribution in [1.82, 2.24) is 4.90 Å². The maximum atomic E-state index is 12.8. The van der Waals surface area contributed by atoms with Gasteiger partial charge in [0.15, 0.2) is 0 Å². The average Bonchev–Trinajstić information content (AvgIpc) is 2.83. The number of hydrogen-bond acceptors (Lipinski definition) is 3. The van der Waals surface area contributed by atoms with Crippen molar-refractivity contribution < 1.29 is 14.3 Å². The second-order valence-corrected chi connectivity index (χ2v) is 6.74. The Kier molecular flexibility index (Phi) is 4.88. The highest BCUT2D eigenvalue weighted by molar-refractivity contribution is 6.08. The van der Waals surface area contributed by atoms with Gasteiger partial charge in [-0.25, -0.2) is 0 Å². The summed E-state index contributed by atoms with van der Waals surface area (Å²) < 4.78 is 5.70. The van der Waals surface area contributed by atoms with E-state index in [2.05, 4.69) is 0 Å². The van der Waals surface area contributed by atoms with E-state index in [1.165, 1.54) is 4.90 Å². The predicted molar refractivity (Wildman–Crippen MR) is 96.4 cm³/mol. The fraction of sp³-hybridized carbons (Fsp3) is 0.333. The van der Waals surface area contributed by atoms with Crippen LogP contribution in [0.3, 0.4) is 0 Å². The molecule has 0 unspecified atom stereocenters. The first-order valence-corrected chi connectivity index (χ1v) is 8.60. The van der Waals surface area contributed by atoms with Crippen LogP contribution < -0.4 is 4.74 Å². The summed E-state index contributed by atoms with van der Waals surface area (Å²) in [5.74, 6) is 0.597. The van der Waals surface area contributed by atoms with Gasteiger partial charge < -0.3 is 4.74 Å². The summed E-state index contributed by atoms with van der Waals surface area (Å²) >= 11 is 0. The topological polar surface area (TPSA) is 46.6 Å². The zero-order valence-electron chi connectivity index (χ0n) is 14.7. The molecule has 0 radical (unpaired) electrons. The number of hydrogen-bond donors (Lipinski definition) is 0. The fourth-order valence-corrected chi connectivity index (χ4v) is 3.26. The Hall–Kier alpha value is -2.62. The van der Waals surface area contributed by atoms with E-state index in [0.29, 0.717) is 19.6 Å². The van der Waals surface area contributed by atoms with Gasteiger partial charge in [0, 0.05) is 13.0 Å². The second-order valence-electron chi connectivity index (χ2n) is 6.74. The second kappa shape index (κ2) is 7.09. The summed E-state index contributed by atoms with van der Waals surface area (Å²) in [6.45, 7) is 4.74. The van der Waals surface area contributed by atoms with Gasteiger partial charge in [0.05, 0.1) is 12.0 Å². The zero-order chi connectivity index (χ0) is 17.9. The van der Waals surface area contributed by atoms with Crippen molar-refractivity contribution in [2.24, 2.45) is 0 Å². The van der Waals surface area contributed by atoms with Gasteiger partial charge in [-0.3, -0.25) is 14.5 Å². The standard InChI is InChI=1S/C21H23NO3/c1-16-8-6-11-18(14-16)25-13-7-12-22-19(23)15-21(2,20(22)24)17-9-4-3-5-10-17/h3-6,8-11,14H,7,12-13,15H2,1-2H3/t21-/m1/s1. The van der Waals surface area contributed by atoms with Gasteiger partial charge >= 0.3 is 0 Å². The lowest BCUT2D eigenvalue weighted by Gasteiger charge is -2.22. The van der Waals surface area contributed by atoms with Crippen LogP contribution in [-0.4, -0.2) is 29.9 Å². The monoisotopic (exact) mass is 337 g/mol.